The highest BCUT2D eigenvalue weighted by Crippen LogP contribution is 2.28. The minimum atomic E-state index is -1.05. The number of ether oxygens (including phenoxy) is 1. The fourth-order valence-corrected chi connectivity index (χ4v) is 2.24. The third kappa shape index (κ3) is 5.14. The molecule has 21 heavy (non-hydrogen) atoms. The number of aliphatic carboxylic acids is 1. The van der Waals surface area contributed by atoms with Gasteiger partial charge in [-0.2, -0.15) is 0 Å². The van der Waals surface area contributed by atoms with Crippen LogP contribution in [-0.4, -0.2) is 23.3 Å². The molecule has 0 aromatic heterocycles. The smallest absolute Gasteiger partial charge is 0.311 e. The van der Waals surface area contributed by atoms with Crippen molar-refractivity contribution in [1.82, 2.24) is 0 Å². The van der Waals surface area contributed by atoms with Crippen LogP contribution in [0.3, 0.4) is 0 Å². The molecular weight excluding hydrogens is 339 g/mol. The van der Waals surface area contributed by atoms with Gasteiger partial charge in [0.25, 0.3) is 0 Å². The number of carbonyl (C=O) groups is 1. The first-order valence-corrected chi connectivity index (χ1v) is 7.36. The van der Waals surface area contributed by atoms with Crippen molar-refractivity contribution < 1.29 is 19.0 Å². The van der Waals surface area contributed by atoms with Gasteiger partial charge in [-0.3, -0.25) is 4.79 Å². The first-order chi connectivity index (χ1) is 9.78. The topological polar surface area (TPSA) is 46.5 Å². The Labute approximate surface area is 132 Å². The number of rotatable bonds is 7. The van der Waals surface area contributed by atoms with Gasteiger partial charge in [0.2, 0.25) is 0 Å². The van der Waals surface area contributed by atoms with Crippen LogP contribution in [-0.2, 0) is 9.53 Å². The zero-order chi connectivity index (χ0) is 16.0. The van der Waals surface area contributed by atoms with Gasteiger partial charge in [0, 0.05) is 12.2 Å². The molecule has 0 radical (unpaired) electrons. The van der Waals surface area contributed by atoms with Gasteiger partial charge >= 0.3 is 5.97 Å². The summed E-state index contributed by atoms with van der Waals surface area (Å²) in [6.07, 6.45) is 6.06. The van der Waals surface area contributed by atoms with E-state index in [0.717, 1.165) is 0 Å². The van der Waals surface area contributed by atoms with Crippen molar-refractivity contribution in [1.29, 1.82) is 0 Å². The first-order valence-electron chi connectivity index (χ1n) is 6.57. The SMILES string of the molecule is C#CC(C)(C)OCCCC(C(=O)O)c1cccc(Br)c1F. The van der Waals surface area contributed by atoms with Gasteiger partial charge in [0.15, 0.2) is 0 Å². The molecule has 0 saturated carbocycles. The van der Waals surface area contributed by atoms with Crippen LogP contribution in [0.1, 0.15) is 38.2 Å². The maximum absolute atomic E-state index is 14.0. The van der Waals surface area contributed by atoms with E-state index in [9.17, 15) is 14.3 Å². The molecule has 0 aliphatic heterocycles. The van der Waals surface area contributed by atoms with E-state index < -0.39 is 23.3 Å². The molecule has 1 aromatic rings. The van der Waals surface area contributed by atoms with Crippen LogP contribution in [0.2, 0.25) is 0 Å². The molecule has 3 nitrogen and oxygen atoms in total. The second-order valence-electron chi connectivity index (χ2n) is 5.18. The summed E-state index contributed by atoms with van der Waals surface area (Å²) in [4.78, 5) is 11.4. The normalized spacial score (nSPS) is 12.7. The number of terminal acetylenes is 1. The second kappa shape index (κ2) is 7.58. The van der Waals surface area contributed by atoms with Gasteiger partial charge in [-0.05, 0) is 48.7 Å². The lowest BCUT2D eigenvalue weighted by Gasteiger charge is -2.19. The average molecular weight is 357 g/mol. The van der Waals surface area contributed by atoms with Crippen molar-refractivity contribution in [3.05, 3.63) is 34.1 Å². The van der Waals surface area contributed by atoms with Gasteiger partial charge in [-0.15, -0.1) is 6.42 Å². The molecule has 1 rings (SSSR count). The van der Waals surface area contributed by atoms with E-state index in [1.807, 2.05) is 0 Å². The van der Waals surface area contributed by atoms with Crippen LogP contribution in [0.15, 0.2) is 22.7 Å². The zero-order valence-corrected chi connectivity index (χ0v) is 13.6. The summed E-state index contributed by atoms with van der Waals surface area (Å²) >= 11 is 3.07. The Morgan fingerprint density at radius 1 is 1.57 bits per heavy atom. The lowest BCUT2D eigenvalue weighted by Crippen LogP contribution is -2.23. The van der Waals surface area contributed by atoms with Crippen molar-refractivity contribution in [2.45, 2.75) is 38.2 Å². The highest BCUT2D eigenvalue weighted by molar-refractivity contribution is 9.10. The third-order valence-electron chi connectivity index (χ3n) is 3.10. The molecule has 114 valence electrons. The summed E-state index contributed by atoms with van der Waals surface area (Å²) in [6, 6.07) is 4.65. The zero-order valence-electron chi connectivity index (χ0n) is 12.0. The molecule has 1 aromatic carbocycles. The van der Waals surface area contributed by atoms with E-state index in [1.54, 1.807) is 19.9 Å². The van der Waals surface area contributed by atoms with Crippen molar-refractivity contribution in [3.8, 4) is 12.3 Å². The fraction of sp³-hybridized carbons (Fsp3) is 0.438. The Balaban J connectivity index is 2.70. The summed E-state index contributed by atoms with van der Waals surface area (Å²) in [5.41, 5.74) is -0.507. The van der Waals surface area contributed by atoms with Crippen LogP contribution in [0.5, 0.6) is 0 Å². The van der Waals surface area contributed by atoms with E-state index in [1.165, 1.54) is 12.1 Å². The lowest BCUT2D eigenvalue weighted by atomic mass is 9.94. The van der Waals surface area contributed by atoms with Crippen LogP contribution < -0.4 is 0 Å². The molecule has 5 heteroatoms. The van der Waals surface area contributed by atoms with Crippen LogP contribution in [0.4, 0.5) is 4.39 Å². The van der Waals surface area contributed by atoms with E-state index in [2.05, 4.69) is 21.9 Å². The maximum Gasteiger partial charge on any atom is 0.311 e. The van der Waals surface area contributed by atoms with E-state index in [4.69, 9.17) is 11.2 Å². The summed E-state index contributed by atoms with van der Waals surface area (Å²) in [7, 11) is 0. The van der Waals surface area contributed by atoms with Crippen LogP contribution in [0.25, 0.3) is 0 Å². The standard InChI is InChI=1S/C16H18BrFO3/c1-4-16(2,3)21-10-6-8-12(15(19)20)11-7-5-9-13(17)14(11)18/h1,5,7,9,12H,6,8,10H2,2-3H3,(H,19,20). The third-order valence-corrected chi connectivity index (χ3v) is 3.72. The van der Waals surface area contributed by atoms with Gasteiger partial charge < -0.3 is 9.84 Å². The van der Waals surface area contributed by atoms with Crippen molar-refractivity contribution >= 4 is 21.9 Å². The number of benzene rings is 1. The summed E-state index contributed by atoms with van der Waals surface area (Å²) in [6.45, 7) is 3.85. The molecular formula is C16H18BrFO3. The first kappa shape index (κ1) is 17.7. The van der Waals surface area contributed by atoms with E-state index in [0.29, 0.717) is 13.0 Å². The quantitative estimate of drug-likeness (QED) is 0.593. The minimum Gasteiger partial charge on any atom is -0.481 e. The molecule has 0 spiro atoms. The Bertz CT molecular complexity index is 549. The second-order valence-corrected chi connectivity index (χ2v) is 6.03. The van der Waals surface area contributed by atoms with Gasteiger partial charge in [0.1, 0.15) is 11.4 Å². The minimum absolute atomic E-state index is 0.174. The Kier molecular flexibility index (Phi) is 6.38. The Morgan fingerprint density at radius 2 is 2.24 bits per heavy atom. The number of hydrogen-bond donors (Lipinski definition) is 1. The Hall–Kier alpha value is -1.38. The largest absolute Gasteiger partial charge is 0.481 e. The van der Waals surface area contributed by atoms with Crippen LogP contribution in [0, 0.1) is 18.2 Å². The van der Waals surface area contributed by atoms with Gasteiger partial charge in [0.05, 0.1) is 10.4 Å². The predicted octanol–water partition coefficient (Wildman–Crippen LogP) is 3.97. The molecule has 0 amide bonds. The van der Waals surface area contributed by atoms with Gasteiger partial charge in [-0.1, -0.05) is 18.1 Å². The fourth-order valence-electron chi connectivity index (χ4n) is 1.86. The lowest BCUT2D eigenvalue weighted by molar-refractivity contribution is -0.139. The molecule has 0 bridgehead atoms. The Morgan fingerprint density at radius 3 is 2.81 bits per heavy atom. The monoisotopic (exact) mass is 356 g/mol. The predicted molar refractivity (Wildman–Crippen MR) is 82.6 cm³/mol. The number of carboxylic acids is 1. The average Bonchev–Trinajstić information content (AvgIpc) is 2.42. The highest BCUT2D eigenvalue weighted by atomic mass is 79.9. The van der Waals surface area contributed by atoms with Crippen molar-refractivity contribution in [2.24, 2.45) is 0 Å². The number of carboxylic acid groups (broad SMARTS) is 1. The summed E-state index contributed by atoms with van der Waals surface area (Å²) < 4.78 is 19.7. The molecule has 0 aliphatic carbocycles. The molecule has 0 saturated heterocycles. The summed E-state index contributed by atoms with van der Waals surface area (Å²) in [5, 5.41) is 9.29. The summed E-state index contributed by atoms with van der Waals surface area (Å²) in [5.74, 6) is 0.00779. The van der Waals surface area contributed by atoms with E-state index >= 15 is 0 Å². The van der Waals surface area contributed by atoms with E-state index in [-0.39, 0.29) is 16.5 Å². The molecule has 1 N–H and O–H groups in total. The van der Waals surface area contributed by atoms with Crippen molar-refractivity contribution in [3.63, 3.8) is 0 Å². The molecule has 0 aliphatic rings. The number of halogens is 2. The molecule has 0 heterocycles. The molecule has 0 fully saturated rings. The highest BCUT2D eigenvalue weighted by Gasteiger charge is 2.24. The van der Waals surface area contributed by atoms with Crippen molar-refractivity contribution in [2.75, 3.05) is 6.61 Å². The molecule has 1 unspecified atom stereocenters. The molecule has 1 atom stereocenters. The maximum atomic E-state index is 14.0. The number of hydrogen-bond acceptors (Lipinski definition) is 2. The van der Waals surface area contributed by atoms with Gasteiger partial charge in [-0.25, -0.2) is 4.39 Å². The van der Waals surface area contributed by atoms with Crippen LogP contribution >= 0.6 is 15.9 Å².